The van der Waals surface area contributed by atoms with E-state index in [0.717, 1.165) is 28.5 Å². The first-order chi connectivity index (χ1) is 20.3. The highest BCUT2D eigenvalue weighted by Crippen LogP contribution is 2.43. The van der Waals surface area contributed by atoms with Gasteiger partial charge in [0.25, 0.3) is 0 Å². The van der Waals surface area contributed by atoms with Gasteiger partial charge in [-0.15, -0.1) is 0 Å². The molecule has 1 saturated carbocycles. The average Bonchev–Trinajstić information content (AvgIpc) is 3.69. The van der Waals surface area contributed by atoms with E-state index in [1.807, 2.05) is 13.0 Å². The zero-order valence-corrected chi connectivity index (χ0v) is 26.6. The number of benzene rings is 3. The van der Waals surface area contributed by atoms with E-state index in [1.165, 1.54) is 90.5 Å². The lowest BCUT2D eigenvalue weighted by Crippen LogP contribution is -2.14. The monoisotopic (exact) mass is 563 g/mol. The van der Waals surface area contributed by atoms with Crippen LogP contribution >= 0.6 is 0 Å². The Morgan fingerprint density at radius 2 is 1.55 bits per heavy atom. The smallest absolute Gasteiger partial charge is 0.123 e. The summed E-state index contributed by atoms with van der Waals surface area (Å²) in [6.45, 7) is 20.0. The van der Waals surface area contributed by atoms with Crippen molar-refractivity contribution >= 4 is 16.9 Å². The van der Waals surface area contributed by atoms with Crippen LogP contribution in [0.25, 0.3) is 22.3 Å². The van der Waals surface area contributed by atoms with E-state index in [2.05, 4.69) is 88.3 Å². The quantitative estimate of drug-likeness (QED) is 0.212. The van der Waals surface area contributed by atoms with Crippen molar-refractivity contribution in [2.24, 2.45) is 22.7 Å². The Morgan fingerprint density at radius 1 is 0.881 bits per heavy atom. The van der Waals surface area contributed by atoms with Crippen molar-refractivity contribution < 1.29 is 4.39 Å². The van der Waals surface area contributed by atoms with E-state index < -0.39 is 0 Å². The van der Waals surface area contributed by atoms with Crippen LogP contribution in [0.1, 0.15) is 114 Å². The van der Waals surface area contributed by atoms with Gasteiger partial charge in [0.05, 0.1) is 6.54 Å². The topological polar surface area (TPSA) is 12.4 Å². The maximum absolute atomic E-state index is 13.1. The Morgan fingerprint density at radius 3 is 2.14 bits per heavy atom. The number of hydrogen-bond donors (Lipinski definition) is 0. The maximum atomic E-state index is 13.1. The summed E-state index contributed by atoms with van der Waals surface area (Å²) in [6.07, 6.45) is 10.6. The summed E-state index contributed by atoms with van der Waals surface area (Å²) < 4.78 is 13.1. The molecule has 1 nitrogen and oxygen atoms in total. The summed E-state index contributed by atoms with van der Waals surface area (Å²) in [5, 5.41) is 0. The number of rotatable bonds is 7. The van der Waals surface area contributed by atoms with E-state index in [-0.39, 0.29) is 5.82 Å². The minimum atomic E-state index is -0.150. The molecule has 6 rings (SSSR count). The number of fused-ring (bicyclic) bond motifs is 4. The lowest BCUT2D eigenvalue weighted by molar-refractivity contribution is 0.407. The molecule has 1 aliphatic heterocycles. The molecule has 3 aliphatic rings. The summed E-state index contributed by atoms with van der Waals surface area (Å²) in [7, 11) is 0. The Labute approximate surface area is 254 Å². The third kappa shape index (κ3) is 7.20. The molecule has 1 heterocycles. The molecule has 0 amide bonds. The van der Waals surface area contributed by atoms with Gasteiger partial charge >= 0.3 is 0 Å². The van der Waals surface area contributed by atoms with Gasteiger partial charge in [0, 0.05) is 17.2 Å². The fourth-order valence-corrected chi connectivity index (χ4v) is 6.91. The number of hydrogen-bond acceptors (Lipinski definition) is 1. The van der Waals surface area contributed by atoms with Crippen molar-refractivity contribution in [3.8, 4) is 11.1 Å². The van der Waals surface area contributed by atoms with Crippen molar-refractivity contribution in [3.05, 3.63) is 107 Å². The zero-order valence-electron chi connectivity index (χ0n) is 26.6. The molecule has 0 aromatic heterocycles. The molecule has 3 aromatic rings. The lowest BCUT2D eigenvalue weighted by Gasteiger charge is -2.16. The predicted octanol–water partition coefficient (Wildman–Crippen LogP) is 11.9. The molecule has 2 aliphatic carbocycles. The van der Waals surface area contributed by atoms with Crippen molar-refractivity contribution in [2.45, 2.75) is 92.5 Å². The van der Waals surface area contributed by atoms with Gasteiger partial charge in [-0.25, -0.2) is 4.39 Å². The number of nitrogens with zero attached hydrogens (tertiary/aromatic N) is 1. The molecule has 0 N–H and O–H groups in total. The highest BCUT2D eigenvalue weighted by molar-refractivity contribution is 6.05. The summed E-state index contributed by atoms with van der Waals surface area (Å²) >= 11 is 0. The van der Waals surface area contributed by atoms with Gasteiger partial charge in [0.15, 0.2) is 0 Å². The Balaban J connectivity index is 0.000000154. The molecule has 2 heteroatoms. The zero-order chi connectivity index (χ0) is 30.2. The van der Waals surface area contributed by atoms with Crippen molar-refractivity contribution in [1.82, 2.24) is 0 Å². The van der Waals surface area contributed by atoms with Crippen molar-refractivity contribution in [3.63, 3.8) is 0 Å². The van der Waals surface area contributed by atoms with Crippen LogP contribution in [-0.4, -0.2) is 5.71 Å². The SMILES string of the molecule is C=C(C)c1ccc2c(c1)C(=C)c1ccccc1-2.CCC1CCCC1C.CCCC(CCC)C1=NCc2cc(F)ccc21. The molecule has 2 unspecified atom stereocenters. The van der Waals surface area contributed by atoms with E-state index in [9.17, 15) is 4.39 Å². The van der Waals surface area contributed by atoms with Gasteiger partial charge in [0.2, 0.25) is 0 Å². The van der Waals surface area contributed by atoms with Gasteiger partial charge < -0.3 is 0 Å². The minimum absolute atomic E-state index is 0.150. The first-order valence-corrected chi connectivity index (χ1v) is 16.2. The van der Waals surface area contributed by atoms with Crippen LogP contribution in [0.2, 0.25) is 0 Å². The highest BCUT2D eigenvalue weighted by Gasteiger charge is 2.24. The Bertz CT molecular complexity index is 1420. The van der Waals surface area contributed by atoms with Crippen LogP contribution in [0.15, 0.2) is 78.8 Å². The average molecular weight is 564 g/mol. The molecular formula is C40H50FN. The predicted molar refractivity (Wildman–Crippen MR) is 181 cm³/mol. The second kappa shape index (κ2) is 14.8. The third-order valence-electron chi connectivity index (χ3n) is 9.37. The fraction of sp³-hybridized carbons (Fsp3) is 0.425. The normalized spacial score (nSPS) is 17.9. The first-order valence-electron chi connectivity index (χ1n) is 16.2. The standard InChI is InChI=1S/C17H14.C15H20FN.C8H16/c1-11(2)13-8-9-16-15-7-5-4-6-14(15)12(3)17(16)10-13;1-3-5-11(6-4-2)15-14-8-7-13(16)9-12(14)10-17-15;1-3-8-6-4-5-7(8)2/h4-10H,1,3H2,2H3;7-9,11H,3-6,10H2,1-2H3;7-8H,3-6H2,1-2H3. The van der Waals surface area contributed by atoms with E-state index in [1.54, 1.807) is 12.1 Å². The summed E-state index contributed by atoms with van der Waals surface area (Å²) in [5.41, 5.74) is 11.9. The van der Waals surface area contributed by atoms with Gasteiger partial charge in [-0.2, -0.15) is 0 Å². The number of aliphatic imine (C=N–C) groups is 1. The molecule has 0 radical (unpaired) electrons. The van der Waals surface area contributed by atoms with Crippen LogP contribution < -0.4 is 0 Å². The molecule has 2 atom stereocenters. The molecule has 1 fully saturated rings. The summed E-state index contributed by atoms with van der Waals surface area (Å²) in [4.78, 5) is 4.63. The molecule has 222 valence electrons. The van der Waals surface area contributed by atoms with E-state index in [0.29, 0.717) is 12.5 Å². The largest absolute Gasteiger partial charge is 0.284 e. The van der Waals surface area contributed by atoms with Crippen LogP contribution in [0, 0.1) is 23.6 Å². The van der Waals surface area contributed by atoms with Crippen LogP contribution in [0.4, 0.5) is 4.39 Å². The number of halogens is 1. The van der Waals surface area contributed by atoms with Crippen molar-refractivity contribution in [2.75, 3.05) is 0 Å². The Hall–Kier alpha value is -3.26. The molecule has 42 heavy (non-hydrogen) atoms. The Kier molecular flexibility index (Phi) is 11.1. The fourth-order valence-electron chi connectivity index (χ4n) is 6.91. The molecule has 3 aromatic carbocycles. The van der Waals surface area contributed by atoms with Gasteiger partial charge in [-0.3, -0.25) is 4.99 Å². The minimum Gasteiger partial charge on any atom is -0.284 e. The van der Waals surface area contributed by atoms with E-state index >= 15 is 0 Å². The second-order valence-electron chi connectivity index (χ2n) is 12.4. The highest BCUT2D eigenvalue weighted by atomic mass is 19.1. The lowest BCUT2D eigenvalue weighted by atomic mass is 9.88. The van der Waals surface area contributed by atoms with Crippen LogP contribution in [0.5, 0.6) is 0 Å². The van der Waals surface area contributed by atoms with Gasteiger partial charge in [0.1, 0.15) is 5.82 Å². The molecule has 0 spiro atoms. The van der Waals surface area contributed by atoms with Gasteiger partial charge in [-0.1, -0.05) is 121 Å². The van der Waals surface area contributed by atoms with Crippen LogP contribution in [-0.2, 0) is 6.54 Å². The molecule has 0 bridgehead atoms. The summed E-state index contributed by atoms with van der Waals surface area (Å²) in [5.74, 6) is 2.49. The summed E-state index contributed by atoms with van der Waals surface area (Å²) in [6, 6.07) is 20.0. The second-order valence-corrected chi connectivity index (χ2v) is 12.4. The first kappa shape index (κ1) is 31.7. The van der Waals surface area contributed by atoms with Gasteiger partial charge in [-0.05, 0) is 94.8 Å². The number of allylic oxidation sites excluding steroid dienone is 1. The van der Waals surface area contributed by atoms with Crippen molar-refractivity contribution in [1.29, 1.82) is 0 Å². The maximum Gasteiger partial charge on any atom is 0.123 e. The molecule has 0 saturated heterocycles. The van der Waals surface area contributed by atoms with Crippen LogP contribution in [0.3, 0.4) is 0 Å². The van der Waals surface area contributed by atoms with E-state index in [4.69, 9.17) is 0 Å². The molecular weight excluding hydrogens is 513 g/mol. The third-order valence-corrected chi connectivity index (χ3v) is 9.37.